The highest BCUT2D eigenvalue weighted by Crippen LogP contribution is 2.31. The van der Waals surface area contributed by atoms with Crippen LogP contribution in [0.15, 0.2) is 72.8 Å². The third kappa shape index (κ3) is 6.51. The molecule has 0 heterocycles. The van der Waals surface area contributed by atoms with E-state index in [4.69, 9.17) is 37.4 Å². The third-order valence-electron chi connectivity index (χ3n) is 3.95. The molecule has 5 nitrogen and oxygen atoms in total. The van der Waals surface area contributed by atoms with E-state index >= 15 is 0 Å². The van der Waals surface area contributed by atoms with E-state index in [1.54, 1.807) is 18.2 Å². The number of benzene rings is 3. The lowest BCUT2D eigenvalue weighted by Gasteiger charge is -2.09. The second kappa shape index (κ2) is 10.7. The molecule has 3 rings (SSSR count). The van der Waals surface area contributed by atoms with Gasteiger partial charge in [0, 0.05) is 0 Å². The van der Waals surface area contributed by atoms with Crippen LogP contribution in [0.3, 0.4) is 0 Å². The van der Waals surface area contributed by atoms with Gasteiger partial charge in [-0.05, 0) is 42.0 Å². The van der Waals surface area contributed by atoms with Gasteiger partial charge in [0.1, 0.15) is 23.1 Å². The van der Waals surface area contributed by atoms with Crippen molar-refractivity contribution in [1.82, 2.24) is 0 Å². The lowest BCUT2D eigenvalue weighted by molar-refractivity contribution is -0.148. The zero-order valence-electron chi connectivity index (χ0n) is 15.8. The van der Waals surface area contributed by atoms with Crippen LogP contribution in [0.4, 0.5) is 0 Å². The van der Waals surface area contributed by atoms with E-state index in [0.717, 1.165) is 5.56 Å². The summed E-state index contributed by atoms with van der Waals surface area (Å²) in [6, 6.07) is 21.3. The minimum absolute atomic E-state index is 0.0694. The van der Waals surface area contributed by atoms with E-state index in [2.05, 4.69) is 0 Å². The fourth-order valence-corrected chi connectivity index (χ4v) is 2.83. The van der Waals surface area contributed by atoms with Crippen molar-refractivity contribution in [3.63, 3.8) is 0 Å². The van der Waals surface area contributed by atoms with Gasteiger partial charge >= 0.3 is 11.9 Å². The van der Waals surface area contributed by atoms with Crippen molar-refractivity contribution in [2.24, 2.45) is 0 Å². The molecular weight excluding hydrogens is 427 g/mol. The van der Waals surface area contributed by atoms with Gasteiger partial charge in [0.05, 0.1) is 17.9 Å². The van der Waals surface area contributed by atoms with E-state index in [-0.39, 0.29) is 35.2 Å². The second-order valence-corrected chi connectivity index (χ2v) is 7.03. The Morgan fingerprint density at radius 1 is 0.767 bits per heavy atom. The smallest absolute Gasteiger partial charge is 0.311 e. The normalized spacial score (nSPS) is 10.3. The molecule has 0 aromatic heterocycles. The molecule has 3 aromatic rings. The summed E-state index contributed by atoms with van der Waals surface area (Å²) < 4.78 is 16.1. The minimum atomic E-state index is -0.602. The van der Waals surface area contributed by atoms with Crippen molar-refractivity contribution >= 4 is 35.1 Å². The number of esters is 2. The molecule has 3 aromatic carbocycles. The predicted molar refractivity (Wildman–Crippen MR) is 114 cm³/mol. The molecule has 0 bridgehead atoms. The van der Waals surface area contributed by atoms with Crippen molar-refractivity contribution in [2.75, 3.05) is 0 Å². The van der Waals surface area contributed by atoms with Gasteiger partial charge < -0.3 is 14.2 Å². The van der Waals surface area contributed by atoms with Crippen LogP contribution in [0.25, 0.3) is 0 Å². The zero-order valence-corrected chi connectivity index (χ0v) is 17.4. The monoisotopic (exact) mass is 444 g/mol. The van der Waals surface area contributed by atoms with Crippen LogP contribution in [0.2, 0.25) is 10.0 Å². The zero-order chi connectivity index (χ0) is 21.3. The number of carbonyl (C=O) groups is 2. The summed E-state index contributed by atoms with van der Waals surface area (Å²) in [7, 11) is 0. The number of para-hydroxylation sites is 1. The molecular formula is C23H18Cl2O5. The minimum Gasteiger partial charge on any atom is -0.461 e. The average molecular weight is 445 g/mol. The number of hydrogen-bond acceptors (Lipinski definition) is 5. The van der Waals surface area contributed by atoms with Crippen molar-refractivity contribution < 1.29 is 23.8 Å². The van der Waals surface area contributed by atoms with Crippen LogP contribution >= 0.6 is 23.2 Å². The number of carbonyl (C=O) groups excluding carboxylic acids is 2. The fraction of sp³-hybridized carbons (Fsp3) is 0.130. The van der Waals surface area contributed by atoms with Gasteiger partial charge in [-0.3, -0.25) is 9.59 Å². The first kappa shape index (κ1) is 21.7. The summed E-state index contributed by atoms with van der Waals surface area (Å²) in [5.74, 6) is 0.382. The lowest BCUT2D eigenvalue weighted by atomic mass is 10.2. The van der Waals surface area contributed by atoms with Crippen LogP contribution in [0.1, 0.15) is 18.4 Å². The van der Waals surface area contributed by atoms with Crippen LogP contribution in [0.5, 0.6) is 17.2 Å². The summed E-state index contributed by atoms with van der Waals surface area (Å²) in [6.07, 6.45) is -0.254. The maximum Gasteiger partial charge on any atom is 0.311 e. The molecule has 30 heavy (non-hydrogen) atoms. The number of hydrogen-bond donors (Lipinski definition) is 0. The topological polar surface area (TPSA) is 61.8 Å². The van der Waals surface area contributed by atoms with Crippen LogP contribution < -0.4 is 9.47 Å². The van der Waals surface area contributed by atoms with Crippen molar-refractivity contribution in [3.8, 4) is 17.2 Å². The summed E-state index contributed by atoms with van der Waals surface area (Å²) in [6.45, 7) is 0.0694. The molecule has 7 heteroatoms. The largest absolute Gasteiger partial charge is 0.461 e. The van der Waals surface area contributed by atoms with Crippen LogP contribution in [-0.4, -0.2) is 11.9 Å². The first-order chi connectivity index (χ1) is 14.5. The molecule has 154 valence electrons. The van der Waals surface area contributed by atoms with E-state index < -0.39 is 11.9 Å². The molecule has 0 aliphatic carbocycles. The molecule has 0 unspecified atom stereocenters. The number of ether oxygens (including phenoxy) is 3. The van der Waals surface area contributed by atoms with E-state index in [1.165, 1.54) is 6.07 Å². The first-order valence-corrected chi connectivity index (χ1v) is 9.89. The van der Waals surface area contributed by atoms with E-state index in [1.807, 2.05) is 48.5 Å². The average Bonchev–Trinajstić information content (AvgIpc) is 2.75. The van der Waals surface area contributed by atoms with Gasteiger partial charge in [-0.15, -0.1) is 0 Å². The Labute approximate surface area is 184 Å². The molecule has 0 aliphatic rings. The molecule has 0 saturated heterocycles. The Balaban J connectivity index is 1.45. The van der Waals surface area contributed by atoms with Gasteiger partial charge in [-0.1, -0.05) is 59.6 Å². The Bertz CT molecular complexity index is 1020. The van der Waals surface area contributed by atoms with Crippen LogP contribution in [0, 0.1) is 0 Å². The Hall–Kier alpha value is -3.02. The SMILES string of the molecule is O=C(CCC(=O)Oc1cccc(Cl)c1Cl)OCc1cccc(Oc2ccccc2)c1. The van der Waals surface area contributed by atoms with Gasteiger partial charge in [0.25, 0.3) is 0 Å². The lowest BCUT2D eigenvalue weighted by Crippen LogP contribution is -2.12. The molecule has 0 N–H and O–H groups in total. The predicted octanol–water partition coefficient (Wildman–Crippen LogP) is 6.21. The first-order valence-electron chi connectivity index (χ1n) is 9.13. The van der Waals surface area contributed by atoms with Gasteiger partial charge in [0.15, 0.2) is 5.75 Å². The Morgan fingerprint density at radius 2 is 1.47 bits per heavy atom. The molecule has 0 radical (unpaired) electrons. The second-order valence-electron chi connectivity index (χ2n) is 6.25. The standard InChI is InChI=1S/C23H18Cl2O5/c24-19-10-5-11-20(23(19)25)30-22(27)13-12-21(26)28-15-16-6-4-9-18(14-16)29-17-7-2-1-3-8-17/h1-11,14H,12-13,15H2. The van der Waals surface area contributed by atoms with E-state index in [9.17, 15) is 9.59 Å². The fourth-order valence-electron chi connectivity index (χ4n) is 2.50. The Morgan fingerprint density at radius 3 is 2.27 bits per heavy atom. The molecule has 0 aliphatic heterocycles. The Kier molecular flexibility index (Phi) is 7.71. The number of rotatable bonds is 8. The van der Waals surface area contributed by atoms with Crippen molar-refractivity contribution in [2.45, 2.75) is 19.4 Å². The highest BCUT2D eigenvalue weighted by Gasteiger charge is 2.13. The highest BCUT2D eigenvalue weighted by atomic mass is 35.5. The quantitative estimate of drug-likeness (QED) is 0.305. The molecule has 0 atom stereocenters. The van der Waals surface area contributed by atoms with Gasteiger partial charge in [-0.25, -0.2) is 0 Å². The maximum absolute atomic E-state index is 12.0. The van der Waals surface area contributed by atoms with Gasteiger partial charge in [-0.2, -0.15) is 0 Å². The van der Waals surface area contributed by atoms with E-state index in [0.29, 0.717) is 11.5 Å². The summed E-state index contributed by atoms with van der Waals surface area (Å²) >= 11 is 11.8. The summed E-state index contributed by atoms with van der Waals surface area (Å²) in [4.78, 5) is 23.9. The molecule has 0 fully saturated rings. The van der Waals surface area contributed by atoms with Crippen molar-refractivity contribution in [1.29, 1.82) is 0 Å². The maximum atomic E-state index is 12.0. The highest BCUT2D eigenvalue weighted by molar-refractivity contribution is 6.43. The molecule has 0 saturated carbocycles. The molecule has 0 spiro atoms. The summed E-state index contributed by atoms with van der Waals surface area (Å²) in [5.41, 5.74) is 0.769. The van der Waals surface area contributed by atoms with Crippen molar-refractivity contribution in [3.05, 3.63) is 88.4 Å². The number of halogens is 2. The molecule has 0 amide bonds. The van der Waals surface area contributed by atoms with Gasteiger partial charge in [0.2, 0.25) is 0 Å². The third-order valence-corrected chi connectivity index (χ3v) is 4.75. The van der Waals surface area contributed by atoms with Crippen LogP contribution in [-0.2, 0) is 20.9 Å². The summed E-state index contributed by atoms with van der Waals surface area (Å²) in [5, 5.41) is 0.424.